The number of halogens is 2. The van der Waals surface area contributed by atoms with E-state index in [4.69, 9.17) is 11.6 Å². The van der Waals surface area contributed by atoms with Gasteiger partial charge in [-0.05, 0) is 23.8 Å². The number of benzene rings is 2. The summed E-state index contributed by atoms with van der Waals surface area (Å²) in [5.74, 6) is -0.673. The highest BCUT2D eigenvalue weighted by molar-refractivity contribution is 6.31. The molecule has 1 unspecified atom stereocenters. The zero-order valence-corrected chi connectivity index (χ0v) is 13.9. The molecule has 0 aliphatic carbocycles. The van der Waals surface area contributed by atoms with Crippen LogP contribution in [-0.4, -0.2) is 37.0 Å². The third-order valence-corrected chi connectivity index (χ3v) is 4.46. The third-order valence-electron chi connectivity index (χ3n) is 4.11. The monoisotopic (exact) mass is 347 g/mol. The normalized spacial score (nSPS) is 18.3. The van der Waals surface area contributed by atoms with Gasteiger partial charge in [0.15, 0.2) is 0 Å². The van der Waals surface area contributed by atoms with Gasteiger partial charge in [0.25, 0.3) is 0 Å². The van der Waals surface area contributed by atoms with E-state index in [1.807, 2.05) is 24.3 Å². The molecule has 2 aromatic rings. The Labute approximate surface area is 145 Å². The molecule has 1 aliphatic rings. The van der Waals surface area contributed by atoms with Crippen molar-refractivity contribution in [1.82, 2.24) is 10.2 Å². The van der Waals surface area contributed by atoms with E-state index in [1.165, 1.54) is 6.07 Å². The van der Waals surface area contributed by atoms with E-state index >= 15 is 0 Å². The molecule has 2 aromatic carbocycles. The Bertz CT molecular complexity index is 725. The Balaban J connectivity index is 1.71. The van der Waals surface area contributed by atoms with Crippen LogP contribution in [0.2, 0.25) is 5.02 Å². The van der Waals surface area contributed by atoms with Gasteiger partial charge in [0.05, 0.1) is 12.2 Å². The highest BCUT2D eigenvalue weighted by Gasteiger charge is 2.27. The number of nitrogens with one attached hydrogen (secondary N) is 2. The van der Waals surface area contributed by atoms with Gasteiger partial charge in [0, 0.05) is 30.7 Å². The van der Waals surface area contributed by atoms with Crippen molar-refractivity contribution in [3.8, 4) is 0 Å². The van der Waals surface area contributed by atoms with E-state index in [-0.39, 0.29) is 24.2 Å². The van der Waals surface area contributed by atoms with Gasteiger partial charge in [-0.15, -0.1) is 0 Å². The number of anilines is 1. The van der Waals surface area contributed by atoms with Crippen molar-refractivity contribution >= 4 is 23.2 Å². The third kappa shape index (κ3) is 3.93. The second kappa shape index (κ2) is 7.75. The fraction of sp³-hybridized carbons (Fsp3) is 0.278. The van der Waals surface area contributed by atoms with Gasteiger partial charge >= 0.3 is 0 Å². The molecule has 0 saturated carbocycles. The van der Waals surface area contributed by atoms with Crippen molar-refractivity contribution in [2.45, 2.75) is 6.04 Å². The molecule has 0 spiro atoms. The van der Waals surface area contributed by atoms with Gasteiger partial charge in [-0.2, -0.15) is 0 Å². The molecule has 3 rings (SSSR count). The zero-order valence-electron chi connectivity index (χ0n) is 13.1. The number of hydrogen-bond donors (Lipinski definition) is 2. The quantitative estimate of drug-likeness (QED) is 0.893. The summed E-state index contributed by atoms with van der Waals surface area (Å²) >= 11 is 6.31. The molecule has 4 nitrogen and oxygen atoms in total. The van der Waals surface area contributed by atoms with Gasteiger partial charge in [-0.3, -0.25) is 9.69 Å². The molecule has 1 fully saturated rings. The molecule has 1 atom stereocenters. The Hall–Kier alpha value is -1.95. The van der Waals surface area contributed by atoms with Crippen molar-refractivity contribution in [2.75, 3.05) is 31.5 Å². The number of carbonyl (C=O) groups excluding carboxylic acids is 1. The summed E-state index contributed by atoms with van der Waals surface area (Å²) in [4.78, 5) is 14.4. The van der Waals surface area contributed by atoms with E-state index in [9.17, 15) is 9.18 Å². The van der Waals surface area contributed by atoms with E-state index in [1.54, 1.807) is 18.2 Å². The highest BCUT2D eigenvalue weighted by Crippen LogP contribution is 2.28. The Kier molecular flexibility index (Phi) is 5.45. The minimum absolute atomic E-state index is 0.0128. The van der Waals surface area contributed by atoms with Crippen molar-refractivity contribution in [1.29, 1.82) is 0 Å². The van der Waals surface area contributed by atoms with Crippen LogP contribution in [0.15, 0.2) is 48.5 Å². The summed E-state index contributed by atoms with van der Waals surface area (Å²) in [7, 11) is 0. The van der Waals surface area contributed by atoms with Crippen LogP contribution in [0.25, 0.3) is 0 Å². The lowest BCUT2D eigenvalue weighted by atomic mass is 10.0. The molecule has 1 heterocycles. The molecule has 6 heteroatoms. The zero-order chi connectivity index (χ0) is 16.9. The van der Waals surface area contributed by atoms with Crippen molar-refractivity contribution < 1.29 is 9.18 Å². The molecule has 0 bridgehead atoms. The van der Waals surface area contributed by atoms with E-state index in [0.717, 1.165) is 25.2 Å². The molecule has 0 aromatic heterocycles. The molecular formula is C18H19ClFN3O. The average molecular weight is 348 g/mol. The van der Waals surface area contributed by atoms with Crippen molar-refractivity contribution in [3.05, 3.63) is 64.9 Å². The summed E-state index contributed by atoms with van der Waals surface area (Å²) in [6.07, 6.45) is 0. The first-order valence-corrected chi connectivity index (χ1v) is 8.26. The Morgan fingerprint density at radius 3 is 2.79 bits per heavy atom. The molecule has 0 radical (unpaired) electrons. The van der Waals surface area contributed by atoms with Gasteiger partial charge in [-0.1, -0.05) is 41.9 Å². The smallest absolute Gasteiger partial charge is 0.238 e. The molecule has 24 heavy (non-hydrogen) atoms. The SMILES string of the molecule is O=C(CN1CCNCC1c1ccccc1Cl)Nc1ccccc1F. The number of para-hydroxylation sites is 1. The number of carbonyl (C=O) groups is 1. The minimum atomic E-state index is -0.436. The number of amides is 1. The van der Waals surface area contributed by atoms with E-state index < -0.39 is 5.82 Å². The fourth-order valence-electron chi connectivity index (χ4n) is 2.92. The lowest BCUT2D eigenvalue weighted by Crippen LogP contribution is -2.48. The Morgan fingerprint density at radius 2 is 2.00 bits per heavy atom. The summed E-state index contributed by atoms with van der Waals surface area (Å²) < 4.78 is 13.7. The molecule has 1 saturated heterocycles. The maximum absolute atomic E-state index is 13.7. The lowest BCUT2D eigenvalue weighted by molar-refractivity contribution is -0.118. The number of hydrogen-bond acceptors (Lipinski definition) is 3. The van der Waals surface area contributed by atoms with E-state index in [0.29, 0.717) is 5.02 Å². The van der Waals surface area contributed by atoms with Gasteiger partial charge in [-0.25, -0.2) is 4.39 Å². The van der Waals surface area contributed by atoms with Crippen LogP contribution in [-0.2, 0) is 4.79 Å². The summed E-state index contributed by atoms with van der Waals surface area (Å²) in [5, 5.41) is 6.65. The minimum Gasteiger partial charge on any atom is -0.322 e. The van der Waals surface area contributed by atoms with Crippen LogP contribution in [0.1, 0.15) is 11.6 Å². The van der Waals surface area contributed by atoms with Crippen LogP contribution >= 0.6 is 11.6 Å². The second-order valence-electron chi connectivity index (χ2n) is 5.74. The average Bonchev–Trinajstić information content (AvgIpc) is 2.58. The number of piperazine rings is 1. The lowest BCUT2D eigenvalue weighted by Gasteiger charge is -2.36. The predicted molar refractivity (Wildman–Crippen MR) is 93.7 cm³/mol. The number of nitrogens with zero attached hydrogens (tertiary/aromatic N) is 1. The van der Waals surface area contributed by atoms with Crippen LogP contribution in [0, 0.1) is 5.82 Å². The molecule has 126 valence electrons. The van der Waals surface area contributed by atoms with E-state index in [2.05, 4.69) is 15.5 Å². The fourth-order valence-corrected chi connectivity index (χ4v) is 3.19. The first-order chi connectivity index (χ1) is 11.6. The van der Waals surface area contributed by atoms with Crippen LogP contribution < -0.4 is 10.6 Å². The Morgan fingerprint density at radius 1 is 1.25 bits per heavy atom. The predicted octanol–water partition coefficient (Wildman–Crippen LogP) is 3.06. The van der Waals surface area contributed by atoms with Gasteiger partial charge in [0.2, 0.25) is 5.91 Å². The second-order valence-corrected chi connectivity index (χ2v) is 6.15. The largest absolute Gasteiger partial charge is 0.322 e. The van der Waals surface area contributed by atoms with Gasteiger partial charge in [0.1, 0.15) is 5.82 Å². The first kappa shape index (κ1) is 16.9. The van der Waals surface area contributed by atoms with Crippen LogP contribution in [0.4, 0.5) is 10.1 Å². The molecular weight excluding hydrogens is 329 g/mol. The highest BCUT2D eigenvalue weighted by atomic mass is 35.5. The molecule has 1 amide bonds. The topological polar surface area (TPSA) is 44.4 Å². The summed E-state index contributed by atoms with van der Waals surface area (Å²) in [6.45, 7) is 2.43. The standard InChI is InChI=1S/C18H19ClFN3O/c19-14-6-2-1-5-13(14)17-11-21-9-10-23(17)12-18(24)22-16-8-4-3-7-15(16)20/h1-8,17,21H,9-12H2,(H,22,24). The van der Waals surface area contributed by atoms with Crippen LogP contribution in [0.3, 0.4) is 0 Å². The molecule has 2 N–H and O–H groups in total. The van der Waals surface area contributed by atoms with Crippen LogP contribution in [0.5, 0.6) is 0 Å². The summed E-state index contributed by atoms with van der Waals surface area (Å²) in [5.41, 5.74) is 1.19. The first-order valence-electron chi connectivity index (χ1n) is 7.89. The maximum atomic E-state index is 13.7. The van der Waals surface area contributed by atoms with Crippen molar-refractivity contribution in [2.24, 2.45) is 0 Å². The number of rotatable bonds is 4. The summed E-state index contributed by atoms with van der Waals surface area (Å²) in [6, 6.07) is 13.8. The maximum Gasteiger partial charge on any atom is 0.238 e. The molecule has 1 aliphatic heterocycles. The van der Waals surface area contributed by atoms with Crippen molar-refractivity contribution in [3.63, 3.8) is 0 Å². The van der Waals surface area contributed by atoms with Gasteiger partial charge < -0.3 is 10.6 Å².